The van der Waals surface area contributed by atoms with Crippen LogP contribution in [0.25, 0.3) is 0 Å². The second kappa shape index (κ2) is 24.5. The molecule has 0 spiro atoms. The minimum atomic E-state index is 0. The number of carbonyl (C=O) groups is 1. The predicted molar refractivity (Wildman–Crippen MR) is 140 cm³/mol. The van der Waals surface area contributed by atoms with Crippen molar-refractivity contribution in [1.29, 1.82) is 0 Å². The maximum absolute atomic E-state index is 12.1. The number of aliphatic imine (C=N–C) groups is 1. The van der Waals surface area contributed by atoms with Gasteiger partial charge in [0.15, 0.2) is 5.84 Å². The summed E-state index contributed by atoms with van der Waals surface area (Å²) in [5, 5.41) is 3.15. The van der Waals surface area contributed by atoms with Crippen LogP contribution in [-0.2, 0) is 4.79 Å². The Morgan fingerprint density at radius 1 is 0.758 bits per heavy atom. The summed E-state index contributed by atoms with van der Waals surface area (Å²) < 4.78 is 0. The van der Waals surface area contributed by atoms with Crippen LogP contribution in [0.2, 0.25) is 0 Å². The molecule has 2 N–H and O–H groups in total. The maximum atomic E-state index is 12.1. The molecule has 196 valence electrons. The number of nitrogens with zero attached hydrogens (tertiary/aromatic N) is 1. The number of rotatable bonds is 23. The van der Waals surface area contributed by atoms with Crippen LogP contribution in [0, 0.1) is 0 Å². The molecule has 4 nitrogen and oxygen atoms in total. The average molecular weight is 486 g/mol. The molecule has 1 unspecified atom stereocenters. The van der Waals surface area contributed by atoms with Crippen LogP contribution in [0.3, 0.4) is 0 Å². The molecule has 1 rings (SSSR count). The summed E-state index contributed by atoms with van der Waals surface area (Å²) in [5.74, 6) is 1.60. The van der Waals surface area contributed by atoms with Gasteiger partial charge in [0, 0.05) is 12.8 Å². The molecule has 1 amide bonds. The van der Waals surface area contributed by atoms with E-state index in [2.05, 4.69) is 19.2 Å². The van der Waals surface area contributed by atoms with E-state index in [0.717, 1.165) is 39.0 Å². The smallest absolute Gasteiger partial charge is 0.220 e. The van der Waals surface area contributed by atoms with Crippen molar-refractivity contribution < 1.29 is 22.1 Å². The standard InChI is InChI=1S/C28H55N3O.ClH/c1-3-5-7-9-11-13-15-17-19-21-27-29-23-25-31(27)26-24-30-28(32)22-20-18-16-14-12-10-8-6-4-2;/h3-26H2,1-2H3,(H,30,32);1H. The number of unbranched alkanes of at least 4 members (excludes halogenated alkanes) is 16. The molecule has 0 aromatic rings. The van der Waals surface area contributed by atoms with Gasteiger partial charge in [0.05, 0.1) is 13.1 Å². The fraction of sp³-hybridized carbons (Fsp3) is 0.929. The van der Waals surface area contributed by atoms with Gasteiger partial charge in [-0.25, -0.2) is 4.99 Å². The Balaban J connectivity index is 0.0000102. The first-order valence-corrected chi connectivity index (χ1v) is 14.4. The minimum absolute atomic E-state index is 0. The van der Waals surface area contributed by atoms with Crippen LogP contribution in [0.4, 0.5) is 0 Å². The number of hydrogen-bond donors (Lipinski definition) is 2. The molecule has 1 atom stereocenters. The van der Waals surface area contributed by atoms with Crippen molar-refractivity contribution >= 4 is 11.7 Å². The first-order chi connectivity index (χ1) is 15.8. The van der Waals surface area contributed by atoms with E-state index in [0.29, 0.717) is 6.42 Å². The average Bonchev–Trinajstić information content (AvgIpc) is 3.24. The summed E-state index contributed by atoms with van der Waals surface area (Å²) in [5.41, 5.74) is 0. The van der Waals surface area contributed by atoms with E-state index < -0.39 is 0 Å². The van der Waals surface area contributed by atoms with Crippen molar-refractivity contribution in [3.63, 3.8) is 0 Å². The SMILES string of the molecule is CCCCCCCCCCCC(=O)NCC[NH+]1CCN=C1CCCCCCCCCCC.[Cl-]. The van der Waals surface area contributed by atoms with E-state index >= 15 is 0 Å². The number of carbonyl (C=O) groups excluding carboxylic acids is 1. The van der Waals surface area contributed by atoms with Gasteiger partial charge in [0.25, 0.3) is 0 Å². The Labute approximate surface area is 212 Å². The van der Waals surface area contributed by atoms with Crippen molar-refractivity contribution in [2.24, 2.45) is 4.99 Å². The molecule has 0 aromatic carbocycles. The van der Waals surface area contributed by atoms with Gasteiger partial charge in [-0.2, -0.15) is 0 Å². The van der Waals surface area contributed by atoms with Gasteiger partial charge in [-0.05, 0) is 12.8 Å². The highest BCUT2D eigenvalue weighted by molar-refractivity contribution is 5.76. The van der Waals surface area contributed by atoms with Gasteiger partial charge in [0.2, 0.25) is 5.91 Å². The van der Waals surface area contributed by atoms with E-state index in [1.165, 1.54) is 120 Å². The van der Waals surface area contributed by atoms with Gasteiger partial charge < -0.3 is 17.7 Å². The summed E-state index contributed by atoms with van der Waals surface area (Å²) in [4.78, 5) is 18.4. The van der Waals surface area contributed by atoms with Crippen LogP contribution >= 0.6 is 0 Å². The number of amidine groups is 1. The molecule has 1 heterocycles. The Bertz CT molecular complexity index is 470. The molecule has 5 heteroatoms. The molecule has 1 aliphatic rings. The lowest BCUT2D eigenvalue weighted by Crippen LogP contribution is -3.14. The third kappa shape index (κ3) is 19.4. The molecule has 0 saturated heterocycles. The van der Waals surface area contributed by atoms with E-state index in [1.54, 1.807) is 0 Å². The van der Waals surface area contributed by atoms with Gasteiger partial charge >= 0.3 is 0 Å². The molecule has 0 bridgehead atoms. The van der Waals surface area contributed by atoms with Crippen molar-refractivity contribution in [3.05, 3.63) is 0 Å². The number of hydrogen-bond acceptors (Lipinski definition) is 2. The molecule has 0 saturated carbocycles. The molecular weight excluding hydrogens is 430 g/mol. The monoisotopic (exact) mass is 485 g/mol. The summed E-state index contributed by atoms with van der Waals surface area (Å²) in [6.45, 7) is 8.42. The number of quaternary nitrogens is 1. The highest BCUT2D eigenvalue weighted by Gasteiger charge is 2.21. The second-order valence-electron chi connectivity index (χ2n) is 9.94. The number of halogens is 1. The van der Waals surface area contributed by atoms with E-state index in [-0.39, 0.29) is 18.3 Å². The van der Waals surface area contributed by atoms with Gasteiger partial charge in [0.1, 0.15) is 13.1 Å². The molecule has 0 aromatic heterocycles. The first kappa shape index (κ1) is 32.4. The summed E-state index contributed by atoms with van der Waals surface area (Å²) in [6, 6.07) is 0. The van der Waals surface area contributed by atoms with Crippen molar-refractivity contribution in [3.8, 4) is 0 Å². The van der Waals surface area contributed by atoms with E-state index in [1.807, 2.05) is 0 Å². The van der Waals surface area contributed by atoms with Crippen molar-refractivity contribution in [2.45, 2.75) is 142 Å². The zero-order valence-electron chi connectivity index (χ0n) is 22.2. The first-order valence-electron chi connectivity index (χ1n) is 14.4. The molecule has 0 radical (unpaired) electrons. The zero-order valence-corrected chi connectivity index (χ0v) is 23.0. The minimum Gasteiger partial charge on any atom is -1.00 e. The Morgan fingerprint density at radius 2 is 1.24 bits per heavy atom. The Kier molecular flexibility index (Phi) is 24.1. The molecular formula is C28H56ClN3O. The van der Waals surface area contributed by atoms with Crippen LogP contribution in [0.15, 0.2) is 4.99 Å². The van der Waals surface area contributed by atoms with Crippen LogP contribution in [0.1, 0.15) is 142 Å². The third-order valence-electron chi connectivity index (χ3n) is 6.90. The fourth-order valence-electron chi connectivity index (χ4n) is 4.75. The highest BCUT2D eigenvalue weighted by Crippen LogP contribution is 2.11. The number of amides is 1. The lowest BCUT2D eigenvalue weighted by molar-refractivity contribution is -0.798. The fourth-order valence-corrected chi connectivity index (χ4v) is 4.75. The topological polar surface area (TPSA) is 45.9 Å². The Hall–Kier alpha value is -0.610. The lowest BCUT2D eigenvalue weighted by Gasteiger charge is -2.15. The summed E-state index contributed by atoms with van der Waals surface area (Å²) in [7, 11) is 0. The van der Waals surface area contributed by atoms with Crippen LogP contribution < -0.4 is 22.6 Å². The quantitative estimate of drug-likeness (QED) is 0.214. The Morgan fingerprint density at radius 3 is 1.79 bits per heavy atom. The van der Waals surface area contributed by atoms with Crippen molar-refractivity contribution in [1.82, 2.24) is 5.32 Å². The van der Waals surface area contributed by atoms with E-state index in [4.69, 9.17) is 4.99 Å². The summed E-state index contributed by atoms with van der Waals surface area (Å²) >= 11 is 0. The molecule has 0 fully saturated rings. The molecule has 0 aliphatic carbocycles. The van der Waals surface area contributed by atoms with Gasteiger partial charge in [-0.15, -0.1) is 0 Å². The second-order valence-corrected chi connectivity index (χ2v) is 9.94. The zero-order chi connectivity index (χ0) is 23.1. The number of nitrogens with one attached hydrogen (secondary N) is 2. The molecule has 1 aliphatic heterocycles. The van der Waals surface area contributed by atoms with Crippen molar-refractivity contribution in [2.75, 3.05) is 26.2 Å². The predicted octanol–water partition coefficient (Wildman–Crippen LogP) is 3.25. The van der Waals surface area contributed by atoms with E-state index in [9.17, 15) is 4.79 Å². The highest BCUT2D eigenvalue weighted by atomic mass is 35.5. The largest absolute Gasteiger partial charge is 1.00 e. The molecule has 33 heavy (non-hydrogen) atoms. The van der Waals surface area contributed by atoms with Crippen LogP contribution in [-0.4, -0.2) is 37.9 Å². The third-order valence-corrected chi connectivity index (χ3v) is 6.90. The normalized spacial score (nSPS) is 15.3. The lowest BCUT2D eigenvalue weighted by atomic mass is 10.1. The summed E-state index contributed by atoms with van der Waals surface area (Å²) in [6.07, 6.45) is 26.0. The van der Waals surface area contributed by atoms with Crippen LogP contribution in [0.5, 0.6) is 0 Å². The van der Waals surface area contributed by atoms with Gasteiger partial charge in [-0.1, -0.05) is 117 Å². The van der Waals surface area contributed by atoms with Gasteiger partial charge in [-0.3, -0.25) is 9.69 Å². The maximum Gasteiger partial charge on any atom is 0.220 e.